The average molecular weight is 194 g/mol. The molecular formula is C6H11O5P. The molecule has 1 saturated heterocycles. The van der Waals surface area contributed by atoms with E-state index >= 15 is 0 Å². The van der Waals surface area contributed by atoms with Crippen LogP contribution in [0.4, 0.5) is 0 Å². The van der Waals surface area contributed by atoms with Gasteiger partial charge in [0.05, 0.1) is 6.10 Å². The van der Waals surface area contributed by atoms with Gasteiger partial charge in [-0.3, -0.25) is 9.36 Å². The highest BCUT2D eigenvalue weighted by molar-refractivity contribution is 7.72. The largest absolute Gasteiger partial charge is 0.399 e. The van der Waals surface area contributed by atoms with Gasteiger partial charge in [0.15, 0.2) is 6.10 Å². The number of carbonyl (C=O) groups excluding carboxylic acids is 1. The lowest BCUT2D eigenvalue weighted by atomic mass is 10.4. The van der Waals surface area contributed by atoms with E-state index in [1.807, 2.05) is 0 Å². The molecule has 12 heavy (non-hydrogen) atoms. The van der Waals surface area contributed by atoms with Crippen molar-refractivity contribution in [1.29, 1.82) is 0 Å². The van der Waals surface area contributed by atoms with Crippen molar-refractivity contribution in [3.8, 4) is 0 Å². The van der Waals surface area contributed by atoms with Gasteiger partial charge in [0.2, 0.25) is 0 Å². The van der Waals surface area contributed by atoms with E-state index in [1.54, 1.807) is 6.92 Å². The van der Waals surface area contributed by atoms with Gasteiger partial charge in [-0.25, -0.2) is 0 Å². The zero-order valence-corrected chi connectivity index (χ0v) is 8.04. The van der Waals surface area contributed by atoms with Crippen molar-refractivity contribution in [1.82, 2.24) is 0 Å². The molecule has 1 aliphatic heterocycles. The Balaban J connectivity index is 2.67. The summed E-state index contributed by atoms with van der Waals surface area (Å²) in [7, 11) is -1.22. The minimum atomic E-state index is -3.57. The van der Waals surface area contributed by atoms with E-state index in [0.717, 1.165) is 0 Å². The van der Waals surface area contributed by atoms with Gasteiger partial charge in [0.1, 0.15) is 0 Å². The molecule has 0 N–H and O–H groups in total. The van der Waals surface area contributed by atoms with Crippen LogP contribution in [-0.4, -0.2) is 32.0 Å². The van der Waals surface area contributed by atoms with Crippen LogP contribution >= 0.6 is 7.60 Å². The molecule has 0 amide bonds. The molecule has 0 aromatic rings. The molecule has 1 fully saturated rings. The van der Waals surface area contributed by atoms with Gasteiger partial charge < -0.3 is 13.8 Å². The third kappa shape index (κ3) is 1.59. The summed E-state index contributed by atoms with van der Waals surface area (Å²) in [5.74, 6) is 0. The molecule has 70 valence electrons. The van der Waals surface area contributed by atoms with E-state index in [-0.39, 0.29) is 6.10 Å². The van der Waals surface area contributed by atoms with Crippen molar-refractivity contribution in [2.45, 2.75) is 19.1 Å². The van der Waals surface area contributed by atoms with Crippen LogP contribution in [0.15, 0.2) is 0 Å². The van der Waals surface area contributed by atoms with Gasteiger partial charge in [0, 0.05) is 14.2 Å². The van der Waals surface area contributed by atoms with Crippen LogP contribution in [0.2, 0.25) is 0 Å². The third-order valence-corrected chi connectivity index (χ3v) is 3.46. The van der Waals surface area contributed by atoms with Crippen LogP contribution in [0.5, 0.6) is 0 Å². The van der Waals surface area contributed by atoms with Crippen LogP contribution < -0.4 is 0 Å². The minimum absolute atomic E-state index is 0.170. The van der Waals surface area contributed by atoms with Crippen molar-refractivity contribution in [2.75, 3.05) is 14.2 Å². The van der Waals surface area contributed by atoms with Gasteiger partial charge in [-0.2, -0.15) is 0 Å². The molecule has 0 spiro atoms. The maximum atomic E-state index is 11.4. The number of carbonyl (C=O) groups is 1. The average Bonchev–Trinajstić information content (AvgIpc) is 2.80. The number of epoxide rings is 1. The lowest BCUT2D eigenvalue weighted by Gasteiger charge is -2.09. The molecule has 6 heteroatoms. The second-order valence-corrected chi connectivity index (χ2v) is 4.63. The molecule has 1 rings (SSSR count). The first-order chi connectivity index (χ1) is 5.55. The van der Waals surface area contributed by atoms with Crippen molar-refractivity contribution < 1.29 is 23.1 Å². The van der Waals surface area contributed by atoms with Gasteiger partial charge >= 0.3 is 7.60 Å². The lowest BCUT2D eigenvalue weighted by molar-refractivity contribution is -0.114. The van der Waals surface area contributed by atoms with E-state index in [9.17, 15) is 9.36 Å². The Labute approximate surface area is 70.5 Å². The Morgan fingerprint density at radius 3 is 2.08 bits per heavy atom. The molecule has 1 heterocycles. The Hall–Kier alpha value is -0.220. The molecule has 0 saturated carbocycles. The highest BCUT2D eigenvalue weighted by Gasteiger charge is 2.50. The van der Waals surface area contributed by atoms with E-state index in [4.69, 9.17) is 4.74 Å². The van der Waals surface area contributed by atoms with Crippen LogP contribution in [-0.2, 0) is 23.1 Å². The van der Waals surface area contributed by atoms with Crippen LogP contribution in [0.25, 0.3) is 0 Å². The fourth-order valence-corrected chi connectivity index (χ4v) is 1.95. The number of hydrogen-bond acceptors (Lipinski definition) is 5. The molecule has 5 nitrogen and oxygen atoms in total. The smallest absolute Gasteiger partial charge is 0.361 e. The fourth-order valence-electron chi connectivity index (χ4n) is 0.855. The third-order valence-electron chi connectivity index (χ3n) is 1.71. The number of rotatable bonds is 4. The first-order valence-electron chi connectivity index (χ1n) is 3.46. The Morgan fingerprint density at radius 2 is 1.83 bits per heavy atom. The van der Waals surface area contributed by atoms with Gasteiger partial charge in [-0.15, -0.1) is 0 Å². The van der Waals surface area contributed by atoms with Gasteiger partial charge in [0.25, 0.3) is 5.52 Å². The van der Waals surface area contributed by atoms with Crippen LogP contribution in [0.3, 0.4) is 0 Å². The normalized spacial score (nSPS) is 28.6. The quantitative estimate of drug-likeness (QED) is 0.488. The summed E-state index contributed by atoms with van der Waals surface area (Å²) >= 11 is 0. The topological polar surface area (TPSA) is 65.1 Å². The second-order valence-electron chi connectivity index (χ2n) is 2.46. The van der Waals surface area contributed by atoms with E-state index in [2.05, 4.69) is 9.05 Å². The summed E-state index contributed by atoms with van der Waals surface area (Å²) in [5, 5.41) is 0. The first-order valence-corrected chi connectivity index (χ1v) is 5.01. The zero-order chi connectivity index (χ0) is 9.35. The van der Waals surface area contributed by atoms with Crippen LogP contribution in [0, 0.1) is 0 Å². The minimum Gasteiger partial charge on any atom is -0.361 e. The van der Waals surface area contributed by atoms with Crippen molar-refractivity contribution >= 4 is 13.1 Å². The van der Waals surface area contributed by atoms with Gasteiger partial charge in [-0.1, -0.05) is 0 Å². The maximum absolute atomic E-state index is 11.4. The summed E-state index contributed by atoms with van der Waals surface area (Å²) in [4.78, 5) is 11.3. The number of hydrogen-bond donors (Lipinski definition) is 0. The first kappa shape index (κ1) is 9.86. The van der Waals surface area contributed by atoms with E-state index in [0.29, 0.717) is 0 Å². The summed E-state index contributed by atoms with van der Waals surface area (Å²) in [6.07, 6.45) is -0.785. The maximum Gasteiger partial charge on any atom is 0.399 e. The molecule has 0 radical (unpaired) electrons. The van der Waals surface area contributed by atoms with Crippen molar-refractivity contribution in [3.63, 3.8) is 0 Å². The fraction of sp³-hybridized carbons (Fsp3) is 0.833. The molecule has 0 aromatic carbocycles. The molecule has 0 aromatic heterocycles. The molecule has 2 atom stereocenters. The monoisotopic (exact) mass is 194 g/mol. The molecule has 0 aliphatic carbocycles. The predicted octanol–water partition coefficient (Wildman–Crippen LogP) is 0.786. The van der Waals surface area contributed by atoms with Gasteiger partial charge in [-0.05, 0) is 6.92 Å². The molecule has 1 aliphatic rings. The van der Waals surface area contributed by atoms with E-state index in [1.165, 1.54) is 14.2 Å². The Morgan fingerprint density at radius 1 is 1.42 bits per heavy atom. The van der Waals surface area contributed by atoms with E-state index < -0.39 is 19.2 Å². The summed E-state index contributed by atoms with van der Waals surface area (Å²) in [6, 6.07) is 0. The lowest BCUT2D eigenvalue weighted by Crippen LogP contribution is -2.11. The number of ether oxygens (including phenoxy) is 1. The van der Waals surface area contributed by atoms with Crippen LogP contribution in [0.1, 0.15) is 6.92 Å². The summed E-state index contributed by atoms with van der Waals surface area (Å²) < 4.78 is 25.3. The Kier molecular flexibility index (Phi) is 2.68. The molecular weight excluding hydrogens is 183 g/mol. The Bertz CT molecular complexity index is 230. The molecule has 0 unspecified atom stereocenters. The zero-order valence-electron chi connectivity index (χ0n) is 7.14. The highest BCUT2D eigenvalue weighted by Crippen LogP contribution is 2.51. The predicted molar refractivity (Wildman–Crippen MR) is 41.0 cm³/mol. The van der Waals surface area contributed by atoms with Crippen molar-refractivity contribution in [3.05, 3.63) is 0 Å². The summed E-state index contributed by atoms with van der Waals surface area (Å²) in [6.45, 7) is 1.72. The standard InChI is InChI=1S/C6H11O5P/c1-4-5(11-4)6(7)12(8,9-2)10-3/h4-5H,1-3H3/t4-,5+/m1/s1. The SMILES string of the molecule is COP(=O)(OC)C(=O)[C@H]1O[C@@H]1C. The second kappa shape index (κ2) is 3.26. The highest BCUT2D eigenvalue weighted by atomic mass is 31.2. The molecule has 0 bridgehead atoms. The summed E-state index contributed by atoms with van der Waals surface area (Å²) in [5.41, 5.74) is -0.597. The van der Waals surface area contributed by atoms with Crippen molar-refractivity contribution in [2.24, 2.45) is 0 Å².